The molecule has 4 rings (SSSR count). The lowest BCUT2D eigenvalue weighted by atomic mass is 9.85. The predicted octanol–water partition coefficient (Wildman–Crippen LogP) is 10.6. The van der Waals surface area contributed by atoms with E-state index in [-0.39, 0.29) is 7.55 Å². The van der Waals surface area contributed by atoms with Gasteiger partial charge in [0.15, 0.2) is 0 Å². The lowest BCUT2D eigenvalue weighted by molar-refractivity contribution is 0.615. The van der Waals surface area contributed by atoms with Crippen LogP contribution < -0.4 is 0 Å². The summed E-state index contributed by atoms with van der Waals surface area (Å²) in [6.07, 6.45) is 12.2. The molecule has 3 aromatic rings. The Kier molecular flexibility index (Phi) is 9.61. The topological polar surface area (TPSA) is 0 Å². The van der Waals surface area contributed by atoms with E-state index in [4.69, 9.17) is 0 Å². The third kappa shape index (κ3) is 6.58. The normalized spacial score (nSPS) is 19.0. The minimum atomic E-state index is -0.228. The highest BCUT2D eigenvalue weighted by molar-refractivity contribution is 7.60. The number of hydrogen-bond donors (Lipinski definition) is 0. The molecular formula is C35H46P. The summed E-state index contributed by atoms with van der Waals surface area (Å²) in [7, 11) is -0.228. The smallest absolute Gasteiger partial charge is 0.0199 e. The fraction of sp³-hybridized carbons (Fsp3) is 0.457. The van der Waals surface area contributed by atoms with Crippen molar-refractivity contribution in [3.63, 3.8) is 0 Å². The fourth-order valence-corrected chi connectivity index (χ4v) is 9.92. The van der Waals surface area contributed by atoms with Crippen molar-refractivity contribution in [1.29, 1.82) is 0 Å². The number of hydrogen-bond acceptors (Lipinski definition) is 0. The Balaban J connectivity index is 1.79. The zero-order valence-corrected chi connectivity index (χ0v) is 24.2. The molecule has 1 aliphatic heterocycles. The molecule has 1 radical (unpaired) electrons. The van der Waals surface area contributed by atoms with Crippen molar-refractivity contribution < 1.29 is 0 Å². The lowest BCUT2D eigenvalue weighted by Crippen LogP contribution is -2.20. The van der Waals surface area contributed by atoms with E-state index >= 15 is 0 Å². The summed E-state index contributed by atoms with van der Waals surface area (Å²) in [6.45, 7) is 11.5. The number of unbranched alkanes of at least 4 members (excludes halogenated alkanes) is 5. The average molecular weight is 498 g/mol. The second kappa shape index (κ2) is 12.9. The highest BCUT2D eigenvalue weighted by Gasteiger charge is 2.32. The van der Waals surface area contributed by atoms with Crippen LogP contribution >= 0.6 is 7.55 Å². The van der Waals surface area contributed by atoms with Crippen LogP contribution in [-0.4, -0.2) is 11.5 Å². The molecule has 0 bridgehead atoms. The highest BCUT2D eigenvalue weighted by atomic mass is 31.1. The maximum absolute atomic E-state index is 2.47. The molecule has 36 heavy (non-hydrogen) atoms. The molecule has 0 N–H and O–H groups in total. The Morgan fingerprint density at radius 2 is 1.39 bits per heavy atom. The molecule has 1 heteroatoms. The molecule has 3 aromatic carbocycles. The molecule has 1 heterocycles. The van der Waals surface area contributed by atoms with Crippen LogP contribution in [0.15, 0.2) is 66.7 Å². The van der Waals surface area contributed by atoms with Crippen molar-refractivity contribution in [3.05, 3.63) is 106 Å². The summed E-state index contributed by atoms with van der Waals surface area (Å²) in [5, 5.41) is 1.78. The van der Waals surface area contributed by atoms with Crippen LogP contribution in [0.4, 0.5) is 0 Å². The SMILES string of the molecule is CCCCCCCC[P]1=C(c2ccc(C)cc2C)CC(c2ccccc2)CC1c1ccc(C)cc1C. The van der Waals surface area contributed by atoms with Crippen molar-refractivity contribution in [2.75, 3.05) is 6.16 Å². The molecule has 0 fully saturated rings. The van der Waals surface area contributed by atoms with Gasteiger partial charge in [-0.1, -0.05) is 117 Å². The van der Waals surface area contributed by atoms with Crippen molar-refractivity contribution in [2.24, 2.45) is 0 Å². The van der Waals surface area contributed by atoms with Gasteiger partial charge in [0, 0.05) is 5.66 Å². The maximum Gasteiger partial charge on any atom is 0.0199 e. The van der Waals surface area contributed by atoms with Gasteiger partial charge < -0.3 is 0 Å². The first-order chi connectivity index (χ1) is 17.5. The van der Waals surface area contributed by atoms with Gasteiger partial charge in [0.2, 0.25) is 0 Å². The van der Waals surface area contributed by atoms with E-state index in [9.17, 15) is 0 Å². The zero-order chi connectivity index (χ0) is 25.5. The fourth-order valence-electron chi connectivity index (χ4n) is 6.25. The van der Waals surface area contributed by atoms with Crippen molar-refractivity contribution in [2.45, 2.75) is 97.6 Å². The third-order valence-electron chi connectivity index (χ3n) is 8.17. The Bertz CT molecular complexity index is 1170. The molecule has 3 atom stereocenters. The first kappa shape index (κ1) is 26.9. The van der Waals surface area contributed by atoms with Crippen LogP contribution in [0.3, 0.4) is 0 Å². The summed E-state index contributed by atoms with van der Waals surface area (Å²) in [4.78, 5) is 0. The third-order valence-corrected chi connectivity index (χ3v) is 11.3. The molecule has 0 aromatic heterocycles. The highest BCUT2D eigenvalue weighted by Crippen LogP contribution is 2.56. The van der Waals surface area contributed by atoms with Gasteiger partial charge in [0.05, 0.1) is 0 Å². The van der Waals surface area contributed by atoms with Crippen molar-refractivity contribution in [1.82, 2.24) is 0 Å². The van der Waals surface area contributed by atoms with Crippen LogP contribution in [-0.2, 0) is 0 Å². The lowest BCUT2D eigenvalue weighted by Gasteiger charge is -2.37. The van der Waals surface area contributed by atoms with Gasteiger partial charge in [-0.3, -0.25) is 0 Å². The number of benzene rings is 3. The van der Waals surface area contributed by atoms with Crippen LogP contribution in [0.2, 0.25) is 0 Å². The maximum atomic E-state index is 2.47. The standard InChI is InChI=1S/C35H46P/c1-6-7-8-9-10-14-21-36-34(32-19-17-26(2)22-28(32)4)24-31(30-15-12-11-13-16-30)25-35(36)33-20-18-27(3)23-29(33)5/h11-13,15-20,22-23,31,34H,6-10,14,21,24-25H2,1-5H3. The van der Waals surface area contributed by atoms with Gasteiger partial charge in [-0.2, -0.15) is 0 Å². The summed E-state index contributed by atoms with van der Waals surface area (Å²) in [6, 6.07) is 25.8. The van der Waals surface area contributed by atoms with Crippen LogP contribution in [0, 0.1) is 27.7 Å². The van der Waals surface area contributed by atoms with Gasteiger partial charge in [-0.25, -0.2) is 0 Å². The molecule has 191 valence electrons. The van der Waals surface area contributed by atoms with Crippen molar-refractivity contribution in [3.8, 4) is 0 Å². The molecule has 0 saturated heterocycles. The molecule has 3 unspecified atom stereocenters. The van der Waals surface area contributed by atoms with Crippen LogP contribution in [0.5, 0.6) is 0 Å². The molecule has 0 nitrogen and oxygen atoms in total. The first-order valence-electron chi connectivity index (χ1n) is 14.3. The zero-order valence-electron chi connectivity index (χ0n) is 23.3. The van der Waals surface area contributed by atoms with Crippen molar-refractivity contribution >= 4 is 12.8 Å². The Morgan fingerprint density at radius 1 is 0.722 bits per heavy atom. The molecular weight excluding hydrogens is 451 g/mol. The van der Waals surface area contributed by atoms with E-state index in [0.29, 0.717) is 11.6 Å². The summed E-state index contributed by atoms with van der Waals surface area (Å²) >= 11 is 0. The Morgan fingerprint density at radius 3 is 2.08 bits per heavy atom. The van der Waals surface area contributed by atoms with Crippen LogP contribution in [0.1, 0.15) is 109 Å². The Labute approximate surface area is 222 Å². The predicted molar refractivity (Wildman–Crippen MR) is 162 cm³/mol. The van der Waals surface area contributed by atoms with Gasteiger partial charge in [-0.05, 0) is 92.1 Å². The Hall–Kier alpha value is -2.17. The van der Waals surface area contributed by atoms with E-state index < -0.39 is 0 Å². The molecule has 0 saturated carbocycles. The summed E-state index contributed by atoms with van der Waals surface area (Å²) in [5.41, 5.74) is 11.0. The van der Waals surface area contributed by atoms with Gasteiger partial charge in [0.25, 0.3) is 0 Å². The average Bonchev–Trinajstić information content (AvgIpc) is 2.87. The second-order valence-electron chi connectivity index (χ2n) is 11.1. The molecule has 1 aliphatic rings. The molecule has 0 amide bonds. The number of rotatable bonds is 10. The molecule has 0 aliphatic carbocycles. The van der Waals surface area contributed by atoms with Gasteiger partial charge in [0.1, 0.15) is 0 Å². The quantitative estimate of drug-likeness (QED) is 0.193. The van der Waals surface area contributed by atoms with E-state index in [1.54, 1.807) is 16.4 Å². The minimum Gasteiger partial charge on any atom is -0.137 e. The monoisotopic (exact) mass is 497 g/mol. The van der Waals surface area contributed by atoms with E-state index in [1.165, 1.54) is 85.3 Å². The van der Waals surface area contributed by atoms with Crippen LogP contribution in [0.25, 0.3) is 0 Å². The largest absolute Gasteiger partial charge is 0.137 e. The van der Waals surface area contributed by atoms with Gasteiger partial charge in [-0.15, -0.1) is 7.55 Å². The first-order valence-corrected chi connectivity index (χ1v) is 15.9. The minimum absolute atomic E-state index is 0.228. The van der Waals surface area contributed by atoms with E-state index in [1.807, 2.05) is 0 Å². The number of aryl methyl sites for hydroxylation is 4. The summed E-state index contributed by atoms with van der Waals surface area (Å²) in [5.74, 6) is 0.593. The van der Waals surface area contributed by atoms with E-state index in [0.717, 1.165) is 0 Å². The van der Waals surface area contributed by atoms with E-state index in [2.05, 4.69) is 101 Å². The summed E-state index contributed by atoms with van der Waals surface area (Å²) < 4.78 is 0. The second-order valence-corrected chi connectivity index (χ2v) is 13.7. The van der Waals surface area contributed by atoms with Gasteiger partial charge >= 0.3 is 0 Å². The molecule has 0 spiro atoms.